The number of rotatable bonds is 7. The quantitative estimate of drug-likeness (QED) is 0.489. The number of carbonyl (C=O) groups is 1. The van der Waals surface area contributed by atoms with Crippen molar-refractivity contribution < 1.29 is 4.79 Å². The molecule has 0 aliphatic carbocycles. The fraction of sp³-hybridized carbons (Fsp3) is 0.286. The first-order valence-corrected chi connectivity index (χ1v) is 8.66. The second kappa shape index (κ2) is 11.6. The van der Waals surface area contributed by atoms with E-state index in [2.05, 4.69) is 25.3 Å². The number of Topliss-reactive ketones (excluding diaryl/α,β-unsaturated/α-hetero) is 1. The molecule has 0 spiro atoms. The lowest BCUT2D eigenvalue weighted by Crippen LogP contribution is -2.25. The van der Waals surface area contributed by atoms with E-state index < -0.39 is 0 Å². The van der Waals surface area contributed by atoms with Gasteiger partial charge in [0, 0.05) is 17.1 Å². The monoisotopic (exact) mass is 343 g/mol. The lowest BCUT2D eigenvalue weighted by molar-refractivity contribution is 0.102. The van der Waals surface area contributed by atoms with Crippen molar-refractivity contribution >= 4 is 17.4 Å². The van der Waals surface area contributed by atoms with Crippen LogP contribution in [0.1, 0.15) is 30.6 Å². The van der Waals surface area contributed by atoms with Gasteiger partial charge in [0.05, 0.1) is 0 Å². The molecule has 3 heteroatoms. The number of carbonyl (C=O) groups excluding carboxylic acids is 1. The van der Waals surface area contributed by atoms with Gasteiger partial charge in [0.2, 0.25) is 0 Å². The van der Waals surface area contributed by atoms with Crippen molar-refractivity contribution in [3.8, 4) is 0 Å². The summed E-state index contributed by atoms with van der Waals surface area (Å²) in [5, 5.41) is 0.794. The second-order valence-corrected chi connectivity index (χ2v) is 5.81. The molecule has 0 aromatic heterocycles. The molecule has 0 N–H and O–H groups in total. The van der Waals surface area contributed by atoms with Gasteiger partial charge in [-0.3, -0.25) is 4.79 Å². The number of ketones is 1. The normalized spacial score (nSPS) is 10.0. The minimum absolute atomic E-state index is 0.0674. The van der Waals surface area contributed by atoms with Crippen molar-refractivity contribution in [1.82, 2.24) is 4.90 Å². The van der Waals surface area contributed by atoms with Gasteiger partial charge < -0.3 is 4.90 Å². The average molecular weight is 344 g/mol. The summed E-state index contributed by atoms with van der Waals surface area (Å²) in [6.07, 6.45) is 0.745. The fourth-order valence-electron chi connectivity index (χ4n) is 2.15. The Labute approximate surface area is 150 Å². The van der Waals surface area contributed by atoms with Gasteiger partial charge in [-0.05, 0) is 37.2 Å². The summed E-state index contributed by atoms with van der Waals surface area (Å²) < 4.78 is 0. The van der Waals surface area contributed by atoms with Gasteiger partial charge >= 0.3 is 0 Å². The van der Waals surface area contributed by atoms with E-state index in [4.69, 9.17) is 11.6 Å². The van der Waals surface area contributed by atoms with Crippen LogP contribution in [0.2, 0.25) is 5.02 Å². The first-order chi connectivity index (χ1) is 11.6. The molecule has 0 bridgehead atoms. The van der Waals surface area contributed by atoms with Gasteiger partial charge in [-0.1, -0.05) is 80.6 Å². The van der Waals surface area contributed by atoms with Crippen LogP contribution in [0.25, 0.3) is 0 Å². The largest absolute Gasteiger partial charge is 0.304 e. The third-order valence-corrected chi connectivity index (χ3v) is 3.97. The van der Waals surface area contributed by atoms with Crippen LogP contribution in [0, 0.1) is 0 Å². The Hall–Kier alpha value is -1.90. The Bertz CT molecular complexity index is 606. The van der Waals surface area contributed by atoms with Gasteiger partial charge in [-0.2, -0.15) is 0 Å². The number of hydrogen-bond acceptors (Lipinski definition) is 2. The third kappa shape index (κ3) is 7.58. The highest BCUT2D eigenvalue weighted by Crippen LogP contribution is 2.10. The molecule has 2 rings (SSSR count). The smallest absolute Gasteiger partial charge is 0.188 e. The lowest BCUT2D eigenvalue weighted by atomic mass is 10.0. The van der Waals surface area contributed by atoms with Crippen LogP contribution < -0.4 is 0 Å². The van der Waals surface area contributed by atoms with Crippen molar-refractivity contribution in [2.45, 2.75) is 20.3 Å². The van der Waals surface area contributed by atoms with E-state index >= 15 is 0 Å². The highest BCUT2D eigenvalue weighted by Gasteiger charge is 2.10. The van der Waals surface area contributed by atoms with Gasteiger partial charge in [-0.25, -0.2) is 0 Å². The van der Waals surface area contributed by atoms with E-state index in [1.54, 1.807) is 0 Å². The molecule has 0 saturated carbocycles. The average Bonchev–Trinajstić information content (AvgIpc) is 2.63. The van der Waals surface area contributed by atoms with Crippen molar-refractivity contribution in [3.05, 3.63) is 83.4 Å². The number of halogens is 1. The number of hydrogen-bond donors (Lipinski definition) is 0. The molecule has 24 heavy (non-hydrogen) atoms. The van der Waals surface area contributed by atoms with Crippen molar-refractivity contribution in [2.24, 2.45) is 0 Å². The molecule has 0 atom stereocenters. The molecule has 2 aromatic carbocycles. The zero-order valence-corrected chi connectivity index (χ0v) is 15.3. The topological polar surface area (TPSA) is 20.3 Å². The van der Waals surface area contributed by atoms with Crippen molar-refractivity contribution in [3.63, 3.8) is 0 Å². The molecule has 0 amide bonds. The van der Waals surface area contributed by atoms with E-state index in [9.17, 15) is 4.79 Å². The minimum Gasteiger partial charge on any atom is -0.304 e. The zero-order valence-electron chi connectivity index (χ0n) is 14.5. The van der Waals surface area contributed by atoms with E-state index in [0.717, 1.165) is 36.6 Å². The summed E-state index contributed by atoms with van der Waals surface area (Å²) >= 11 is 5.54. The van der Waals surface area contributed by atoms with E-state index in [-0.39, 0.29) is 5.78 Å². The molecule has 128 valence electrons. The van der Waals surface area contributed by atoms with Crippen LogP contribution in [0.5, 0.6) is 0 Å². The predicted octanol–water partition coefficient (Wildman–Crippen LogP) is 5.50. The molecule has 2 nitrogen and oxygen atoms in total. The van der Waals surface area contributed by atoms with Gasteiger partial charge in [0.15, 0.2) is 5.78 Å². The summed E-state index contributed by atoms with van der Waals surface area (Å²) in [5.74, 6) is 0.0674. The molecule has 0 saturated heterocycles. The molecular formula is C21H26ClNO. The van der Waals surface area contributed by atoms with Crippen LogP contribution in [0.4, 0.5) is 0 Å². The fourth-order valence-corrected chi connectivity index (χ4v) is 2.30. The Morgan fingerprint density at radius 3 is 1.88 bits per heavy atom. The van der Waals surface area contributed by atoms with E-state index in [1.807, 2.05) is 60.7 Å². The standard InChI is InChI=1S/C15H21NO.C6H5Cl/c1-4-16(5-2)12-11-13(3)15(17)14-9-7-6-8-10-14;7-6-4-2-1-3-5-6/h6-10H,3-5,11-12H2,1-2H3;1-5H. The van der Waals surface area contributed by atoms with Gasteiger partial charge in [0.25, 0.3) is 0 Å². The summed E-state index contributed by atoms with van der Waals surface area (Å²) in [6.45, 7) is 11.1. The summed E-state index contributed by atoms with van der Waals surface area (Å²) in [7, 11) is 0. The first kappa shape index (κ1) is 20.1. The number of benzene rings is 2. The van der Waals surface area contributed by atoms with Crippen LogP contribution in [-0.4, -0.2) is 30.3 Å². The van der Waals surface area contributed by atoms with Crippen molar-refractivity contribution in [1.29, 1.82) is 0 Å². The molecular weight excluding hydrogens is 318 g/mol. The van der Waals surface area contributed by atoms with Gasteiger partial charge in [0.1, 0.15) is 0 Å². The Kier molecular flexibility index (Phi) is 9.74. The maximum atomic E-state index is 12.0. The maximum Gasteiger partial charge on any atom is 0.188 e. The van der Waals surface area contributed by atoms with E-state index in [0.29, 0.717) is 5.57 Å². The Morgan fingerprint density at radius 2 is 1.46 bits per heavy atom. The lowest BCUT2D eigenvalue weighted by Gasteiger charge is -2.18. The molecule has 0 aliphatic heterocycles. The van der Waals surface area contributed by atoms with Crippen LogP contribution >= 0.6 is 11.6 Å². The Morgan fingerprint density at radius 1 is 0.958 bits per heavy atom. The molecule has 2 aromatic rings. The minimum atomic E-state index is 0.0674. The van der Waals surface area contributed by atoms with E-state index in [1.165, 1.54) is 0 Å². The van der Waals surface area contributed by atoms with Crippen molar-refractivity contribution in [2.75, 3.05) is 19.6 Å². The van der Waals surface area contributed by atoms with Gasteiger partial charge in [-0.15, -0.1) is 0 Å². The first-order valence-electron chi connectivity index (χ1n) is 8.28. The summed E-state index contributed by atoms with van der Waals surface area (Å²) in [6, 6.07) is 18.8. The molecule has 0 aliphatic rings. The van der Waals surface area contributed by atoms with Crippen LogP contribution in [-0.2, 0) is 0 Å². The molecule has 0 heterocycles. The maximum absolute atomic E-state index is 12.0. The molecule has 0 radical (unpaired) electrons. The molecule has 0 unspecified atom stereocenters. The number of nitrogens with zero attached hydrogens (tertiary/aromatic N) is 1. The summed E-state index contributed by atoms with van der Waals surface area (Å²) in [5.41, 5.74) is 1.43. The molecule has 0 fully saturated rings. The summed E-state index contributed by atoms with van der Waals surface area (Å²) in [4.78, 5) is 14.3. The highest BCUT2D eigenvalue weighted by atomic mass is 35.5. The van der Waals surface area contributed by atoms with Crippen LogP contribution in [0.3, 0.4) is 0 Å². The third-order valence-electron chi connectivity index (χ3n) is 3.71. The predicted molar refractivity (Wildman–Crippen MR) is 104 cm³/mol. The Balaban J connectivity index is 0.000000341. The SMILES string of the molecule is C=C(CCN(CC)CC)C(=O)c1ccccc1.Clc1ccccc1. The second-order valence-electron chi connectivity index (χ2n) is 5.37. The highest BCUT2D eigenvalue weighted by molar-refractivity contribution is 6.30. The zero-order chi connectivity index (χ0) is 17.8. The van der Waals surface area contributed by atoms with Crippen LogP contribution in [0.15, 0.2) is 72.8 Å².